The van der Waals surface area contributed by atoms with Gasteiger partial charge in [-0.3, -0.25) is 4.79 Å². The Morgan fingerprint density at radius 2 is 2.60 bits per heavy atom. The number of nitrogens with one attached hydrogen (secondary N) is 1. The molecule has 0 aliphatic heterocycles. The van der Waals surface area contributed by atoms with E-state index in [1.165, 1.54) is 23.1 Å². The van der Waals surface area contributed by atoms with E-state index in [-0.39, 0.29) is 5.91 Å². The van der Waals surface area contributed by atoms with Gasteiger partial charge in [-0.15, -0.1) is 11.8 Å². The lowest BCUT2D eigenvalue weighted by Crippen LogP contribution is -2.28. The van der Waals surface area contributed by atoms with E-state index in [4.69, 9.17) is 10.5 Å². The largest absolute Gasteiger partial charge is 0.383 e. The van der Waals surface area contributed by atoms with Gasteiger partial charge in [-0.05, 0) is 0 Å². The number of carbonyl (C=O) groups is 1. The van der Waals surface area contributed by atoms with Crippen molar-refractivity contribution in [3.8, 4) is 0 Å². The van der Waals surface area contributed by atoms with Gasteiger partial charge in [0.15, 0.2) is 5.13 Å². The quantitative estimate of drug-likeness (QED) is 0.568. The zero-order valence-electron chi connectivity index (χ0n) is 8.36. The van der Waals surface area contributed by atoms with Gasteiger partial charge in [0, 0.05) is 13.7 Å². The van der Waals surface area contributed by atoms with Crippen LogP contribution < -0.4 is 11.1 Å². The molecule has 3 N–H and O–H groups in total. The number of methoxy groups -OCH3 is 1. The first-order valence-corrected chi connectivity index (χ1v) is 6.12. The molecule has 0 spiro atoms. The van der Waals surface area contributed by atoms with E-state index >= 15 is 0 Å². The molecule has 0 fully saturated rings. The van der Waals surface area contributed by atoms with Crippen molar-refractivity contribution in [1.29, 1.82) is 0 Å². The number of anilines is 1. The maximum atomic E-state index is 11.3. The second-order valence-corrected chi connectivity index (χ2v) is 4.99. The Morgan fingerprint density at radius 1 is 1.80 bits per heavy atom. The first-order valence-electron chi connectivity index (χ1n) is 4.32. The van der Waals surface area contributed by atoms with Gasteiger partial charge >= 0.3 is 0 Å². The zero-order chi connectivity index (χ0) is 11.1. The van der Waals surface area contributed by atoms with Crippen LogP contribution in [0.15, 0.2) is 10.4 Å². The molecule has 7 heteroatoms. The van der Waals surface area contributed by atoms with E-state index in [1.54, 1.807) is 13.3 Å². The number of nitrogen functional groups attached to an aromatic ring is 1. The van der Waals surface area contributed by atoms with Crippen molar-refractivity contribution < 1.29 is 9.53 Å². The third-order valence-electron chi connectivity index (χ3n) is 1.48. The molecule has 0 atom stereocenters. The number of amides is 1. The van der Waals surface area contributed by atoms with Crippen LogP contribution in [0.2, 0.25) is 0 Å². The van der Waals surface area contributed by atoms with Gasteiger partial charge in [0.1, 0.15) is 0 Å². The number of nitrogens with zero attached hydrogens (tertiary/aromatic N) is 1. The summed E-state index contributed by atoms with van der Waals surface area (Å²) >= 11 is 2.81. The molecule has 0 radical (unpaired) electrons. The highest BCUT2D eigenvalue weighted by atomic mass is 32.2. The number of hydrogen-bond donors (Lipinski definition) is 2. The molecule has 0 bridgehead atoms. The van der Waals surface area contributed by atoms with Gasteiger partial charge < -0.3 is 15.8 Å². The molecule has 15 heavy (non-hydrogen) atoms. The SMILES string of the molecule is COCCNC(=O)CSc1cnc(N)s1. The normalized spacial score (nSPS) is 10.2. The molecule has 1 aromatic rings. The van der Waals surface area contributed by atoms with Crippen LogP contribution in [0.4, 0.5) is 5.13 Å². The topological polar surface area (TPSA) is 77.2 Å². The first kappa shape index (κ1) is 12.3. The third kappa shape index (κ3) is 5.01. The minimum atomic E-state index is -0.0102. The Labute approximate surface area is 96.4 Å². The standard InChI is InChI=1S/C8H13N3O2S2/c1-13-3-2-10-6(12)5-14-7-4-11-8(9)15-7/h4H,2-3,5H2,1H3,(H2,9,11)(H,10,12). The molecule has 0 aliphatic carbocycles. The number of aromatic nitrogens is 1. The average Bonchev–Trinajstić information content (AvgIpc) is 2.62. The molecule has 1 heterocycles. The lowest BCUT2D eigenvalue weighted by molar-refractivity contribution is -0.118. The fourth-order valence-electron chi connectivity index (χ4n) is 0.819. The van der Waals surface area contributed by atoms with Gasteiger partial charge in [0.25, 0.3) is 0 Å². The van der Waals surface area contributed by atoms with Crippen LogP contribution in [-0.4, -0.2) is 36.9 Å². The minimum absolute atomic E-state index is 0.0102. The average molecular weight is 247 g/mol. The molecular weight excluding hydrogens is 234 g/mol. The van der Waals surface area contributed by atoms with Gasteiger partial charge in [-0.2, -0.15) is 0 Å². The van der Waals surface area contributed by atoms with Crippen molar-refractivity contribution in [3.05, 3.63) is 6.20 Å². The maximum absolute atomic E-state index is 11.3. The summed E-state index contributed by atoms with van der Waals surface area (Å²) < 4.78 is 5.77. The monoisotopic (exact) mass is 247 g/mol. The highest BCUT2D eigenvalue weighted by Crippen LogP contribution is 2.25. The molecule has 1 aromatic heterocycles. The summed E-state index contributed by atoms with van der Waals surface area (Å²) in [5, 5.41) is 3.25. The van der Waals surface area contributed by atoms with Crippen LogP contribution >= 0.6 is 23.1 Å². The highest BCUT2D eigenvalue weighted by Gasteiger charge is 2.04. The molecule has 1 amide bonds. The fraction of sp³-hybridized carbons (Fsp3) is 0.500. The Kier molecular flexibility index (Phi) is 5.44. The van der Waals surface area contributed by atoms with Gasteiger partial charge in [-0.25, -0.2) is 4.98 Å². The number of rotatable bonds is 6. The van der Waals surface area contributed by atoms with Crippen LogP contribution in [0.1, 0.15) is 0 Å². The van der Waals surface area contributed by atoms with E-state index < -0.39 is 0 Å². The maximum Gasteiger partial charge on any atom is 0.230 e. The second-order valence-electron chi connectivity index (χ2n) is 2.65. The van der Waals surface area contributed by atoms with Crippen molar-refractivity contribution in [3.63, 3.8) is 0 Å². The van der Waals surface area contributed by atoms with E-state index in [2.05, 4.69) is 10.3 Å². The van der Waals surface area contributed by atoms with E-state index in [0.717, 1.165) is 4.21 Å². The number of thiazole rings is 1. The summed E-state index contributed by atoms with van der Waals surface area (Å²) in [6, 6.07) is 0. The van der Waals surface area contributed by atoms with Crippen molar-refractivity contribution in [1.82, 2.24) is 10.3 Å². The van der Waals surface area contributed by atoms with E-state index in [9.17, 15) is 4.79 Å². The van der Waals surface area contributed by atoms with E-state index in [1.807, 2.05) is 0 Å². The second kappa shape index (κ2) is 6.65. The lowest BCUT2D eigenvalue weighted by Gasteiger charge is -2.02. The van der Waals surface area contributed by atoms with E-state index in [0.29, 0.717) is 24.0 Å². The highest BCUT2D eigenvalue weighted by molar-refractivity contribution is 8.01. The molecule has 0 saturated heterocycles. The number of hydrogen-bond acceptors (Lipinski definition) is 6. The molecule has 0 aromatic carbocycles. The summed E-state index contributed by atoms with van der Waals surface area (Å²) in [4.78, 5) is 15.2. The first-order chi connectivity index (χ1) is 7.22. The molecule has 1 rings (SSSR count). The van der Waals surface area contributed by atoms with Crippen LogP contribution in [0, 0.1) is 0 Å². The van der Waals surface area contributed by atoms with Crippen LogP contribution in [-0.2, 0) is 9.53 Å². The predicted octanol–water partition coefficient (Wildman–Crippen LogP) is 0.580. The molecular formula is C8H13N3O2S2. The van der Waals surface area contributed by atoms with Crippen molar-refractivity contribution in [2.75, 3.05) is 31.7 Å². The Morgan fingerprint density at radius 3 is 3.20 bits per heavy atom. The summed E-state index contributed by atoms with van der Waals surface area (Å²) in [5.41, 5.74) is 5.46. The Hall–Kier alpha value is -0.790. The zero-order valence-corrected chi connectivity index (χ0v) is 9.99. The van der Waals surface area contributed by atoms with Gasteiger partial charge in [0.2, 0.25) is 5.91 Å². The smallest absolute Gasteiger partial charge is 0.230 e. The van der Waals surface area contributed by atoms with Crippen LogP contribution in [0.25, 0.3) is 0 Å². The number of carbonyl (C=O) groups excluding carboxylic acids is 1. The summed E-state index contributed by atoms with van der Waals surface area (Å²) in [7, 11) is 1.60. The predicted molar refractivity (Wildman–Crippen MR) is 62.1 cm³/mol. The summed E-state index contributed by atoms with van der Waals surface area (Å²) in [6.45, 7) is 1.07. The molecule has 5 nitrogen and oxygen atoms in total. The molecule has 0 saturated carbocycles. The Balaban J connectivity index is 2.16. The third-order valence-corrected chi connectivity index (χ3v) is 3.50. The van der Waals surface area contributed by atoms with Gasteiger partial charge in [-0.1, -0.05) is 11.3 Å². The van der Waals surface area contributed by atoms with Crippen molar-refractivity contribution in [2.45, 2.75) is 4.21 Å². The number of ether oxygens (including phenoxy) is 1. The van der Waals surface area contributed by atoms with Crippen molar-refractivity contribution >= 4 is 34.1 Å². The van der Waals surface area contributed by atoms with Crippen molar-refractivity contribution in [2.24, 2.45) is 0 Å². The van der Waals surface area contributed by atoms with Gasteiger partial charge in [0.05, 0.1) is 22.8 Å². The molecule has 0 aliphatic rings. The van der Waals surface area contributed by atoms with Crippen LogP contribution in [0.3, 0.4) is 0 Å². The number of nitrogens with two attached hydrogens (primary N) is 1. The number of thioether (sulfide) groups is 1. The van der Waals surface area contributed by atoms with Crippen LogP contribution in [0.5, 0.6) is 0 Å². The fourth-order valence-corrected chi connectivity index (χ4v) is 2.41. The summed E-state index contributed by atoms with van der Waals surface area (Å²) in [6.07, 6.45) is 1.67. The molecule has 84 valence electrons. The Bertz CT molecular complexity index is 317. The minimum Gasteiger partial charge on any atom is -0.383 e. The molecule has 0 unspecified atom stereocenters. The summed E-state index contributed by atoms with van der Waals surface area (Å²) in [5.74, 6) is 0.370. The lowest BCUT2D eigenvalue weighted by atomic mass is 10.6.